The van der Waals surface area contributed by atoms with E-state index in [1.165, 1.54) is 12.8 Å². The van der Waals surface area contributed by atoms with Gasteiger partial charge < -0.3 is 11.1 Å². The Labute approximate surface area is 121 Å². The summed E-state index contributed by atoms with van der Waals surface area (Å²) in [6.45, 7) is 7.40. The first-order chi connectivity index (χ1) is 9.58. The number of hydrogen-bond donors (Lipinski definition) is 2. The molecule has 1 aliphatic heterocycles. The first kappa shape index (κ1) is 14.9. The zero-order chi connectivity index (χ0) is 14.5. The van der Waals surface area contributed by atoms with Crippen molar-refractivity contribution in [3.8, 4) is 0 Å². The van der Waals surface area contributed by atoms with E-state index in [2.05, 4.69) is 24.1 Å². The minimum atomic E-state index is -0.0833. The molecule has 2 atom stereocenters. The number of piperidine rings is 1. The second kappa shape index (κ2) is 6.75. The van der Waals surface area contributed by atoms with Crippen molar-refractivity contribution >= 4 is 11.6 Å². The van der Waals surface area contributed by atoms with Crippen molar-refractivity contribution in [3.05, 3.63) is 29.8 Å². The standard InChI is InChI=1S/C16H25N3O/c1-12-6-5-9-19(11-12)13(2)10-18-16(20)14-7-3-4-8-15(14)17/h3-4,7-8,12-13H,5-6,9-11,17H2,1-2H3,(H,18,20). The normalized spacial score (nSPS) is 21.4. The van der Waals surface area contributed by atoms with Gasteiger partial charge in [0.1, 0.15) is 0 Å². The number of amides is 1. The number of benzene rings is 1. The summed E-state index contributed by atoms with van der Waals surface area (Å²) in [6.07, 6.45) is 2.57. The number of carbonyl (C=O) groups is 1. The molecule has 1 heterocycles. The molecule has 3 N–H and O–H groups in total. The average molecular weight is 275 g/mol. The van der Waals surface area contributed by atoms with Crippen molar-refractivity contribution in [2.45, 2.75) is 32.7 Å². The number of anilines is 1. The van der Waals surface area contributed by atoms with Crippen molar-refractivity contribution in [3.63, 3.8) is 0 Å². The van der Waals surface area contributed by atoms with Crippen LogP contribution in [-0.2, 0) is 0 Å². The number of rotatable bonds is 4. The summed E-state index contributed by atoms with van der Waals surface area (Å²) >= 11 is 0. The Bertz CT molecular complexity index is 461. The molecular formula is C16H25N3O. The Morgan fingerprint density at radius 1 is 1.50 bits per heavy atom. The lowest BCUT2D eigenvalue weighted by Gasteiger charge is -2.35. The summed E-state index contributed by atoms with van der Waals surface area (Å²) in [5.74, 6) is 0.673. The van der Waals surface area contributed by atoms with Crippen molar-refractivity contribution in [1.29, 1.82) is 0 Å². The van der Waals surface area contributed by atoms with Gasteiger partial charge in [0.25, 0.3) is 5.91 Å². The third-order valence-corrected chi connectivity index (χ3v) is 4.08. The number of hydrogen-bond acceptors (Lipinski definition) is 3. The van der Waals surface area contributed by atoms with Crippen molar-refractivity contribution < 1.29 is 4.79 Å². The number of nitrogens with two attached hydrogens (primary N) is 1. The van der Waals surface area contributed by atoms with E-state index in [0.717, 1.165) is 19.0 Å². The molecule has 0 aromatic heterocycles. The van der Waals surface area contributed by atoms with E-state index in [9.17, 15) is 4.79 Å². The van der Waals surface area contributed by atoms with Gasteiger partial charge in [-0.15, -0.1) is 0 Å². The molecule has 1 aliphatic rings. The summed E-state index contributed by atoms with van der Waals surface area (Å²) in [4.78, 5) is 14.6. The SMILES string of the molecule is CC1CCCN(C(C)CNC(=O)c2ccccc2N)C1. The van der Waals surface area contributed by atoms with Gasteiger partial charge in [-0.25, -0.2) is 0 Å². The highest BCUT2D eigenvalue weighted by atomic mass is 16.1. The summed E-state index contributed by atoms with van der Waals surface area (Å²) < 4.78 is 0. The highest BCUT2D eigenvalue weighted by molar-refractivity contribution is 5.99. The second-order valence-electron chi connectivity index (χ2n) is 5.89. The third-order valence-electron chi connectivity index (χ3n) is 4.08. The molecular weight excluding hydrogens is 250 g/mol. The molecule has 0 spiro atoms. The fraction of sp³-hybridized carbons (Fsp3) is 0.562. The van der Waals surface area contributed by atoms with Gasteiger partial charge in [-0.1, -0.05) is 19.1 Å². The third kappa shape index (κ3) is 3.73. The molecule has 1 aromatic carbocycles. The van der Waals surface area contributed by atoms with Crippen LogP contribution in [0.2, 0.25) is 0 Å². The highest BCUT2D eigenvalue weighted by Crippen LogP contribution is 2.17. The lowest BCUT2D eigenvalue weighted by Crippen LogP contribution is -2.46. The van der Waals surface area contributed by atoms with Crippen LogP contribution in [0.1, 0.15) is 37.0 Å². The maximum absolute atomic E-state index is 12.1. The minimum Gasteiger partial charge on any atom is -0.398 e. The molecule has 2 unspecified atom stereocenters. The molecule has 1 aromatic rings. The second-order valence-corrected chi connectivity index (χ2v) is 5.89. The monoisotopic (exact) mass is 275 g/mol. The molecule has 0 bridgehead atoms. The fourth-order valence-electron chi connectivity index (χ4n) is 2.79. The lowest BCUT2D eigenvalue weighted by molar-refractivity contribution is 0.0918. The Morgan fingerprint density at radius 2 is 2.25 bits per heavy atom. The number of para-hydroxylation sites is 1. The molecule has 1 amide bonds. The summed E-state index contributed by atoms with van der Waals surface area (Å²) in [5, 5.41) is 2.99. The van der Waals surface area contributed by atoms with Crippen LogP contribution in [0.5, 0.6) is 0 Å². The smallest absolute Gasteiger partial charge is 0.253 e. The number of nitrogens with zero attached hydrogens (tertiary/aromatic N) is 1. The molecule has 1 saturated heterocycles. The molecule has 0 saturated carbocycles. The van der Waals surface area contributed by atoms with Crippen LogP contribution < -0.4 is 11.1 Å². The quantitative estimate of drug-likeness (QED) is 0.828. The van der Waals surface area contributed by atoms with Crippen LogP contribution in [0.4, 0.5) is 5.69 Å². The number of carbonyl (C=O) groups excluding carboxylic acids is 1. The van der Waals surface area contributed by atoms with Gasteiger partial charge in [0, 0.05) is 24.8 Å². The van der Waals surface area contributed by atoms with Gasteiger partial charge in [-0.3, -0.25) is 9.69 Å². The van der Waals surface area contributed by atoms with Gasteiger partial charge in [-0.05, 0) is 44.4 Å². The molecule has 20 heavy (non-hydrogen) atoms. The highest BCUT2D eigenvalue weighted by Gasteiger charge is 2.21. The molecule has 110 valence electrons. The number of likely N-dealkylation sites (tertiary alicyclic amines) is 1. The average Bonchev–Trinajstić information content (AvgIpc) is 2.45. The van der Waals surface area contributed by atoms with Gasteiger partial charge in [0.05, 0.1) is 5.56 Å². The number of nitrogens with one attached hydrogen (secondary N) is 1. The lowest BCUT2D eigenvalue weighted by atomic mass is 9.99. The van der Waals surface area contributed by atoms with E-state index in [4.69, 9.17) is 5.73 Å². The largest absolute Gasteiger partial charge is 0.398 e. The van der Waals surface area contributed by atoms with E-state index in [1.54, 1.807) is 12.1 Å². The number of nitrogen functional groups attached to an aromatic ring is 1. The fourth-order valence-corrected chi connectivity index (χ4v) is 2.79. The maximum atomic E-state index is 12.1. The van der Waals surface area contributed by atoms with Crippen molar-refractivity contribution in [2.24, 2.45) is 5.92 Å². The van der Waals surface area contributed by atoms with E-state index in [1.807, 2.05) is 12.1 Å². The Hall–Kier alpha value is -1.55. The minimum absolute atomic E-state index is 0.0833. The zero-order valence-corrected chi connectivity index (χ0v) is 12.4. The van der Waals surface area contributed by atoms with Gasteiger partial charge >= 0.3 is 0 Å². The van der Waals surface area contributed by atoms with Gasteiger partial charge in [-0.2, -0.15) is 0 Å². The van der Waals surface area contributed by atoms with Gasteiger partial charge in [0.2, 0.25) is 0 Å². The van der Waals surface area contributed by atoms with Crippen LogP contribution in [-0.4, -0.2) is 36.5 Å². The summed E-state index contributed by atoms with van der Waals surface area (Å²) in [7, 11) is 0. The van der Waals surface area contributed by atoms with E-state index >= 15 is 0 Å². The molecule has 2 rings (SSSR count). The predicted molar refractivity (Wildman–Crippen MR) is 82.6 cm³/mol. The van der Waals surface area contributed by atoms with E-state index in [0.29, 0.717) is 23.8 Å². The Balaban J connectivity index is 1.85. The topological polar surface area (TPSA) is 58.4 Å². The van der Waals surface area contributed by atoms with Crippen molar-refractivity contribution in [1.82, 2.24) is 10.2 Å². The van der Waals surface area contributed by atoms with E-state index in [-0.39, 0.29) is 5.91 Å². The predicted octanol–water partition coefficient (Wildman–Crippen LogP) is 2.12. The maximum Gasteiger partial charge on any atom is 0.253 e. The van der Waals surface area contributed by atoms with Crippen molar-refractivity contribution in [2.75, 3.05) is 25.4 Å². The molecule has 4 nitrogen and oxygen atoms in total. The molecule has 4 heteroatoms. The summed E-state index contributed by atoms with van der Waals surface area (Å²) in [5.41, 5.74) is 6.91. The Kier molecular flexibility index (Phi) is 5.01. The summed E-state index contributed by atoms with van der Waals surface area (Å²) in [6, 6.07) is 7.56. The van der Waals surface area contributed by atoms with Crippen LogP contribution >= 0.6 is 0 Å². The molecule has 1 fully saturated rings. The first-order valence-corrected chi connectivity index (χ1v) is 7.44. The zero-order valence-electron chi connectivity index (χ0n) is 12.4. The van der Waals surface area contributed by atoms with Crippen LogP contribution in [0.25, 0.3) is 0 Å². The van der Waals surface area contributed by atoms with E-state index < -0.39 is 0 Å². The molecule has 0 radical (unpaired) electrons. The molecule has 0 aliphatic carbocycles. The van der Waals surface area contributed by atoms with Crippen LogP contribution in [0.15, 0.2) is 24.3 Å². The Morgan fingerprint density at radius 3 is 2.95 bits per heavy atom. The van der Waals surface area contributed by atoms with Crippen LogP contribution in [0.3, 0.4) is 0 Å². The van der Waals surface area contributed by atoms with Crippen LogP contribution in [0, 0.1) is 5.92 Å². The first-order valence-electron chi connectivity index (χ1n) is 7.44. The van der Waals surface area contributed by atoms with Gasteiger partial charge in [0.15, 0.2) is 0 Å².